The van der Waals surface area contributed by atoms with E-state index in [1.807, 2.05) is 12.1 Å². The van der Waals surface area contributed by atoms with Gasteiger partial charge in [0.2, 0.25) is 5.95 Å². The van der Waals surface area contributed by atoms with Gasteiger partial charge in [-0.1, -0.05) is 23.7 Å². The smallest absolute Gasteiger partial charge is 0.226 e. The van der Waals surface area contributed by atoms with Crippen LogP contribution >= 0.6 is 25.1 Å². The second-order valence-electron chi connectivity index (χ2n) is 6.67. The molecule has 0 unspecified atom stereocenters. The van der Waals surface area contributed by atoms with Crippen molar-refractivity contribution in [3.63, 3.8) is 0 Å². The number of fused-ring (bicyclic) bond motifs is 1. The van der Waals surface area contributed by atoms with Gasteiger partial charge in [-0.2, -0.15) is 13.5 Å². The van der Waals surface area contributed by atoms with Crippen molar-refractivity contribution in [3.8, 4) is 11.3 Å². The molecule has 1 atom stereocenters. The Hall–Kier alpha value is -1.34. The summed E-state index contributed by atoms with van der Waals surface area (Å²) in [6.45, 7) is 6.36. The molecule has 2 aliphatic rings. The first kappa shape index (κ1) is 19.4. The number of anilines is 1. The van der Waals surface area contributed by atoms with Gasteiger partial charge in [-0.3, -0.25) is 0 Å². The zero-order chi connectivity index (χ0) is 17.2. The van der Waals surface area contributed by atoms with Crippen LogP contribution < -0.4 is 10.2 Å². The number of nitrogens with one attached hydrogen (secondary N) is 1. The molecule has 5 nitrogen and oxygen atoms in total. The van der Waals surface area contributed by atoms with E-state index in [4.69, 9.17) is 26.3 Å². The standard InChI is InChI=1S/C19H23ClN4O.H2S/c1-13-12-25-11-10-24(13)19-22-17-7-9-21-8-6-16(17)18(23-19)14-2-4-15(20)5-3-14;/h2-5,13,21H,6-12H2,1H3;1H2/t13-;/m0./s1. The molecular formula is C19H25ClN4OS. The summed E-state index contributed by atoms with van der Waals surface area (Å²) in [6.07, 6.45) is 1.89. The van der Waals surface area contributed by atoms with E-state index in [9.17, 15) is 0 Å². The maximum Gasteiger partial charge on any atom is 0.226 e. The van der Waals surface area contributed by atoms with Crippen LogP contribution in [0.1, 0.15) is 18.2 Å². The van der Waals surface area contributed by atoms with Crippen LogP contribution in [0.5, 0.6) is 0 Å². The van der Waals surface area contributed by atoms with Crippen molar-refractivity contribution >= 4 is 31.0 Å². The summed E-state index contributed by atoms with van der Waals surface area (Å²) in [6, 6.07) is 8.24. The zero-order valence-electron chi connectivity index (χ0n) is 15.0. The molecule has 1 saturated heterocycles. The van der Waals surface area contributed by atoms with Gasteiger partial charge >= 0.3 is 0 Å². The fourth-order valence-corrected chi connectivity index (χ4v) is 3.66. The van der Waals surface area contributed by atoms with Gasteiger partial charge < -0.3 is 15.0 Å². The summed E-state index contributed by atoms with van der Waals surface area (Å²) < 4.78 is 5.57. The van der Waals surface area contributed by atoms with Crippen LogP contribution in [0.4, 0.5) is 5.95 Å². The van der Waals surface area contributed by atoms with Gasteiger partial charge in [0.05, 0.1) is 30.6 Å². The number of ether oxygens (including phenoxy) is 1. The monoisotopic (exact) mass is 392 g/mol. The molecule has 0 aliphatic carbocycles. The van der Waals surface area contributed by atoms with Crippen LogP contribution in [0.25, 0.3) is 11.3 Å². The van der Waals surface area contributed by atoms with Gasteiger partial charge in [-0.05, 0) is 32.0 Å². The van der Waals surface area contributed by atoms with Gasteiger partial charge in [0, 0.05) is 35.7 Å². The lowest BCUT2D eigenvalue weighted by Gasteiger charge is -2.34. The van der Waals surface area contributed by atoms with Crippen LogP contribution in [0, 0.1) is 0 Å². The van der Waals surface area contributed by atoms with E-state index in [1.165, 1.54) is 11.3 Å². The van der Waals surface area contributed by atoms with E-state index in [0.717, 1.165) is 67.9 Å². The number of halogens is 1. The molecule has 140 valence electrons. The fourth-order valence-electron chi connectivity index (χ4n) is 3.53. The van der Waals surface area contributed by atoms with Crippen molar-refractivity contribution < 1.29 is 4.74 Å². The molecule has 0 bridgehead atoms. The summed E-state index contributed by atoms with van der Waals surface area (Å²) in [5.41, 5.74) is 4.57. The average molecular weight is 393 g/mol. The number of aromatic nitrogens is 2. The van der Waals surface area contributed by atoms with E-state index >= 15 is 0 Å². The number of rotatable bonds is 2. The highest BCUT2D eigenvalue weighted by Crippen LogP contribution is 2.29. The Balaban J connectivity index is 0.00000196. The summed E-state index contributed by atoms with van der Waals surface area (Å²) in [4.78, 5) is 12.2. The quantitative estimate of drug-likeness (QED) is 0.851. The molecule has 1 N–H and O–H groups in total. The van der Waals surface area contributed by atoms with E-state index in [2.05, 4.69) is 29.3 Å². The second-order valence-corrected chi connectivity index (χ2v) is 7.11. The highest BCUT2D eigenvalue weighted by atomic mass is 35.5. The lowest BCUT2D eigenvalue weighted by atomic mass is 10.0. The average Bonchev–Trinajstić information content (AvgIpc) is 2.87. The minimum Gasteiger partial charge on any atom is -0.377 e. The van der Waals surface area contributed by atoms with Gasteiger partial charge in [-0.25, -0.2) is 9.97 Å². The molecular weight excluding hydrogens is 368 g/mol. The maximum absolute atomic E-state index is 6.08. The first-order valence-electron chi connectivity index (χ1n) is 8.93. The zero-order valence-corrected chi connectivity index (χ0v) is 16.7. The molecule has 4 rings (SSSR count). The van der Waals surface area contributed by atoms with Crippen molar-refractivity contribution in [1.82, 2.24) is 15.3 Å². The third-order valence-electron chi connectivity index (χ3n) is 4.91. The largest absolute Gasteiger partial charge is 0.377 e. The molecule has 1 aromatic carbocycles. The van der Waals surface area contributed by atoms with Crippen molar-refractivity contribution in [2.75, 3.05) is 37.7 Å². The Labute approximate surface area is 166 Å². The van der Waals surface area contributed by atoms with Gasteiger partial charge in [-0.15, -0.1) is 0 Å². The molecule has 1 fully saturated rings. The molecule has 7 heteroatoms. The van der Waals surface area contributed by atoms with E-state index in [1.54, 1.807) is 0 Å². The number of benzene rings is 1. The maximum atomic E-state index is 6.08. The van der Waals surface area contributed by atoms with Crippen LogP contribution in [0.3, 0.4) is 0 Å². The SMILES string of the molecule is C[C@H]1COCCN1c1nc2c(c(-c3ccc(Cl)cc3)n1)CCNCC2.S. The molecule has 0 radical (unpaired) electrons. The number of morpholine rings is 1. The third-order valence-corrected chi connectivity index (χ3v) is 5.17. The summed E-state index contributed by atoms with van der Waals surface area (Å²) in [5.74, 6) is 0.821. The van der Waals surface area contributed by atoms with Crippen molar-refractivity contribution in [1.29, 1.82) is 0 Å². The Morgan fingerprint density at radius 2 is 1.92 bits per heavy atom. The lowest BCUT2D eigenvalue weighted by molar-refractivity contribution is 0.0980. The minimum absolute atomic E-state index is 0. The van der Waals surface area contributed by atoms with Crippen LogP contribution in [0.2, 0.25) is 5.02 Å². The Morgan fingerprint density at radius 1 is 1.15 bits per heavy atom. The molecule has 2 aliphatic heterocycles. The molecule has 2 aromatic rings. The van der Waals surface area contributed by atoms with Crippen LogP contribution in [-0.4, -0.2) is 48.9 Å². The number of nitrogens with zero attached hydrogens (tertiary/aromatic N) is 3. The fraction of sp³-hybridized carbons (Fsp3) is 0.474. The Morgan fingerprint density at radius 3 is 2.69 bits per heavy atom. The molecule has 26 heavy (non-hydrogen) atoms. The number of hydrogen-bond acceptors (Lipinski definition) is 5. The van der Waals surface area contributed by atoms with Crippen molar-refractivity contribution in [3.05, 3.63) is 40.5 Å². The third kappa shape index (κ3) is 3.98. The van der Waals surface area contributed by atoms with Crippen molar-refractivity contribution in [2.45, 2.75) is 25.8 Å². The number of hydrogen-bond donors (Lipinski definition) is 1. The summed E-state index contributed by atoms with van der Waals surface area (Å²) in [5, 5.41) is 4.21. The highest BCUT2D eigenvalue weighted by molar-refractivity contribution is 7.59. The Bertz CT molecular complexity index is 756. The van der Waals surface area contributed by atoms with E-state index < -0.39 is 0 Å². The minimum atomic E-state index is 0. The van der Waals surface area contributed by atoms with Gasteiger partial charge in [0.1, 0.15) is 0 Å². The first-order chi connectivity index (χ1) is 12.2. The molecule has 0 spiro atoms. The van der Waals surface area contributed by atoms with E-state index in [0.29, 0.717) is 0 Å². The Kier molecular flexibility index (Phi) is 6.40. The molecule has 1 aromatic heterocycles. The summed E-state index contributed by atoms with van der Waals surface area (Å²) in [7, 11) is 0. The van der Waals surface area contributed by atoms with Crippen LogP contribution in [0.15, 0.2) is 24.3 Å². The highest BCUT2D eigenvalue weighted by Gasteiger charge is 2.25. The van der Waals surface area contributed by atoms with Crippen molar-refractivity contribution in [2.24, 2.45) is 0 Å². The van der Waals surface area contributed by atoms with Crippen LogP contribution in [-0.2, 0) is 17.6 Å². The molecule has 0 amide bonds. The van der Waals surface area contributed by atoms with Gasteiger partial charge in [0.25, 0.3) is 0 Å². The summed E-state index contributed by atoms with van der Waals surface area (Å²) >= 11 is 6.08. The first-order valence-corrected chi connectivity index (χ1v) is 9.31. The topological polar surface area (TPSA) is 50.3 Å². The predicted octanol–water partition coefficient (Wildman–Crippen LogP) is 2.82. The normalized spacial score (nSPS) is 20.1. The second kappa shape index (κ2) is 8.57. The molecule has 3 heterocycles. The predicted molar refractivity (Wildman–Crippen MR) is 111 cm³/mol. The molecule has 0 saturated carbocycles. The van der Waals surface area contributed by atoms with E-state index in [-0.39, 0.29) is 19.5 Å². The lowest BCUT2D eigenvalue weighted by Crippen LogP contribution is -2.44. The van der Waals surface area contributed by atoms with Gasteiger partial charge in [0.15, 0.2) is 0 Å².